The minimum Gasteiger partial charge on any atom is -0.497 e. The van der Waals surface area contributed by atoms with Crippen molar-refractivity contribution in [3.63, 3.8) is 0 Å². The largest absolute Gasteiger partial charge is 0.497 e. The molecule has 0 amide bonds. The topological polar surface area (TPSA) is 62.6 Å². The Balaban J connectivity index is 1.37. The van der Waals surface area contributed by atoms with E-state index in [9.17, 15) is 4.79 Å². The number of esters is 1. The van der Waals surface area contributed by atoms with Crippen LogP contribution in [0.3, 0.4) is 0 Å². The molecular formula is C33H33ClN2O4. The van der Waals surface area contributed by atoms with Crippen LogP contribution in [0.1, 0.15) is 55.0 Å². The molecule has 0 aliphatic heterocycles. The Kier molecular flexibility index (Phi) is 8.87. The first kappa shape index (κ1) is 27.5. The van der Waals surface area contributed by atoms with Crippen LogP contribution in [0.25, 0.3) is 22.9 Å². The Bertz CT molecular complexity index is 1470. The van der Waals surface area contributed by atoms with Gasteiger partial charge < -0.3 is 14.2 Å². The van der Waals surface area contributed by atoms with Crippen molar-refractivity contribution in [2.24, 2.45) is 0 Å². The highest BCUT2D eigenvalue weighted by atomic mass is 35.5. The number of rotatable bonds is 9. The molecule has 0 radical (unpaired) electrons. The highest BCUT2D eigenvalue weighted by molar-refractivity contribution is 6.30. The van der Waals surface area contributed by atoms with Crippen LogP contribution in [-0.2, 0) is 16.1 Å². The highest BCUT2D eigenvalue weighted by Crippen LogP contribution is 2.35. The van der Waals surface area contributed by atoms with Gasteiger partial charge in [-0.25, -0.2) is 9.48 Å². The smallest absolute Gasteiger partial charge is 0.330 e. The van der Waals surface area contributed by atoms with Gasteiger partial charge in [-0.05, 0) is 84.6 Å². The molecule has 4 aromatic rings. The maximum absolute atomic E-state index is 11.6. The lowest BCUT2D eigenvalue weighted by atomic mass is 9.86. The molecule has 206 valence electrons. The molecule has 0 N–H and O–H groups in total. The second-order valence-electron chi connectivity index (χ2n) is 9.91. The van der Waals surface area contributed by atoms with E-state index in [0.29, 0.717) is 17.5 Å². The van der Waals surface area contributed by atoms with Gasteiger partial charge in [0.05, 0.1) is 25.6 Å². The average Bonchev–Trinajstić information content (AvgIpc) is 3.44. The van der Waals surface area contributed by atoms with Crippen molar-refractivity contribution >= 4 is 23.6 Å². The van der Waals surface area contributed by atoms with Gasteiger partial charge in [-0.2, -0.15) is 5.10 Å². The Labute approximate surface area is 240 Å². The molecule has 5 rings (SSSR count). The zero-order valence-electron chi connectivity index (χ0n) is 22.8. The minimum atomic E-state index is -0.398. The summed E-state index contributed by atoms with van der Waals surface area (Å²) >= 11 is 6.10. The molecule has 40 heavy (non-hydrogen) atoms. The predicted molar refractivity (Wildman–Crippen MR) is 158 cm³/mol. The molecule has 1 aliphatic carbocycles. The molecule has 0 unspecified atom stereocenters. The van der Waals surface area contributed by atoms with Gasteiger partial charge in [0.25, 0.3) is 0 Å². The van der Waals surface area contributed by atoms with Crippen molar-refractivity contribution in [1.29, 1.82) is 0 Å². The Hall–Kier alpha value is -4.03. The van der Waals surface area contributed by atoms with Gasteiger partial charge in [-0.1, -0.05) is 49.1 Å². The fourth-order valence-corrected chi connectivity index (χ4v) is 5.31. The van der Waals surface area contributed by atoms with E-state index in [1.165, 1.54) is 38.1 Å². The summed E-state index contributed by atoms with van der Waals surface area (Å²) in [6.07, 6.45) is 9.12. The molecule has 6 nitrogen and oxygen atoms in total. The third-order valence-corrected chi connectivity index (χ3v) is 7.57. The molecule has 1 aliphatic rings. The van der Waals surface area contributed by atoms with Gasteiger partial charge in [0, 0.05) is 28.3 Å². The summed E-state index contributed by atoms with van der Waals surface area (Å²) < 4.78 is 18.4. The van der Waals surface area contributed by atoms with Crippen LogP contribution in [-0.4, -0.2) is 30.0 Å². The summed E-state index contributed by atoms with van der Waals surface area (Å²) in [6, 6.07) is 23.8. The van der Waals surface area contributed by atoms with Gasteiger partial charge in [0.2, 0.25) is 0 Å². The first-order chi connectivity index (χ1) is 19.5. The van der Waals surface area contributed by atoms with Crippen molar-refractivity contribution in [2.75, 3.05) is 14.2 Å². The Morgan fingerprint density at radius 2 is 1.68 bits per heavy atom. The number of ether oxygens (including phenoxy) is 3. The average molecular weight is 557 g/mol. The Morgan fingerprint density at radius 3 is 2.38 bits per heavy atom. The molecule has 0 bridgehead atoms. The summed E-state index contributed by atoms with van der Waals surface area (Å²) in [5, 5.41) is 5.51. The second kappa shape index (κ2) is 12.9. The van der Waals surface area contributed by atoms with E-state index in [4.69, 9.17) is 30.9 Å². The van der Waals surface area contributed by atoms with Gasteiger partial charge in [0.1, 0.15) is 18.1 Å². The number of carbonyl (C=O) groups excluding carboxylic acids is 1. The monoisotopic (exact) mass is 556 g/mol. The molecule has 0 saturated heterocycles. The fraction of sp³-hybridized carbons (Fsp3) is 0.273. The van der Waals surface area contributed by atoms with Crippen LogP contribution < -0.4 is 9.47 Å². The standard InChI is InChI=1S/C33H33ClN2O4/c1-38-30-17-18-31(23-8-10-26(34)11-9-23)25(20-30)22-40-29-15-13-28(14-16-29)36-32(24-6-4-3-5-7-24)21-27(35-36)12-19-33(37)39-2/h8-21,24H,3-7,22H2,1-2H3. The summed E-state index contributed by atoms with van der Waals surface area (Å²) in [5.41, 5.74) is 6.00. The summed E-state index contributed by atoms with van der Waals surface area (Å²) in [4.78, 5) is 11.6. The zero-order valence-corrected chi connectivity index (χ0v) is 23.6. The molecule has 1 fully saturated rings. The number of aromatic nitrogens is 2. The van der Waals surface area contributed by atoms with Crippen LogP contribution in [0.15, 0.2) is 78.9 Å². The van der Waals surface area contributed by atoms with Gasteiger partial charge in [-0.15, -0.1) is 0 Å². The summed E-state index contributed by atoms with van der Waals surface area (Å²) in [7, 11) is 3.03. The van der Waals surface area contributed by atoms with E-state index >= 15 is 0 Å². The fourth-order valence-electron chi connectivity index (χ4n) is 5.19. The molecule has 0 atom stereocenters. The molecule has 7 heteroatoms. The van der Waals surface area contributed by atoms with Gasteiger partial charge in [0.15, 0.2) is 0 Å². The number of carbonyl (C=O) groups is 1. The van der Waals surface area contributed by atoms with E-state index in [1.54, 1.807) is 13.2 Å². The van der Waals surface area contributed by atoms with Crippen molar-refractivity contribution in [3.8, 4) is 28.3 Å². The van der Waals surface area contributed by atoms with E-state index in [0.717, 1.165) is 52.4 Å². The van der Waals surface area contributed by atoms with Crippen LogP contribution in [0.4, 0.5) is 0 Å². The maximum Gasteiger partial charge on any atom is 0.330 e. The van der Waals surface area contributed by atoms with Crippen molar-refractivity contribution in [2.45, 2.75) is 44.6 Å². The highest BCUT2D eigenvalue weighted by Gasteiger charge is 2.21. The lowest BCUT2D eigenvalue weighted by Gasteiger charge is -2.22. The number of methoxy groups -OCH3 is 2. The second-order valence-corrected chi connectivity index (χ2v) is 10.3. The van der Waals surface area contributed by atoms with E-state index in [2.05, 4.69) is 6.07 Å². The summed E-state index contributed by atoms with van der Waals surface area (Å²) in [5.74, 6) is 1.57. The first-order valence-electron chi connectivity index (χ1n) is 13.6. The quantitative estimate of drug-likeness (QED) is 0.154. The zero-order chi connectivity index (χ0) is 27.9. The van der Waals surface area contributed by atoms with Crippen molar-refractivity contribution in [3.05, 3.63) is 101 Å². The van der Waals surface area contributed by atoms with Gasteiger partial charge >= 0.3 is 5.97 Å². The lowest BCUT2D eigenvalue weighted by Crippen LogP contribution is -2.11. The number of hydrogen-bond donors (Lipinski definition) is 0. The van der Waals surface area contributed by atoms with E-state index < -0.39 is 5.97 Å². The third-order valence-electron chi connectivity index (χ3n) is 7.31. The van der Waals surface area contributed by atoms with Crippen LogP contribution in [0.2, 0.25) is 5.02 Å². The van der Waals surface area contributed by atoms with E-state index in [-0.39, 0.29) is 0 Å². The number of hydrogen-bond acceptors (Lipinski definition) is 5. The third kappa shape index (κ3) is 6.57. The van der Waals surface area contributed by atoms with E-state index in [1.807, 2.05) is 71.4 Å². The molecule has 1 heterocycles. The first-order valence-corrected chi connectivity index (χ1v) is 13.9. The van der Waals surface area contributed by atoms with Crippen LogP contribution in [0, 0.1) is 0 Å². The molecular weight excluding hydrogens is 524 g/mol. The van der Waals surface area contributed by atoms with Gasteiger partial charge in [-0.3, -0.25) is 0 Å². The van der Waals surface area contributed by atoms with Crippen LogP contribution in [0.5, 0.6) is 11.5 Å². The van der Waals surface area contributed by atoms with Crippen molar-refractivity contribution in [1.82, 2.24) is 9.78 Å². The molecule has 1 aromatic heterocycles. The minimum absolute atomic E-state index is 0.381. The van der Waals surface area contributed by atoms with Crippen LogP contribution >= 0.6 is 11.6 Å². The SMILES string of the molecule is COC(=O)C=Cc1cc(C2CCCCC2)n(-c2ccc(OCc3cc(OC)ccc3-c3ccc(Cl)cc3)cc2)n1. The maximum atomic E-state index is 11.6. The summed E-state index contributed by atoms with van der Waals surface area (Å²) in [6.45, 7) is 0.381. The number of nitrogens with zero attached hydrogens (tertiary/aromatic N) is 2. The molecule has 0 spiro atoms. The predicted octanol–water partition coefficient (Wildman–Crippen LogP) is 8.01. The number of halogens is 1. The van der Waals surface area contributed by atoms with Crippen molar-refractivity contribution < 1.29 is 19.0 Å². The molecule has 3 aromatic carbocycles. The number of benzene rings is 3. The molecule has 1 saturated carbocycles. The lowest BCUT2D eigenvalue weighted by molar-refractivity contribution is -0.134. The normalized spacial score (nSPS) is 13.9. The Morgan fingerprint density at radius 1 is 0.950 bits per heavy atom.